The molecule has 0 unspecified atom stereocenters. The summed E-state index contributed by atoms with van der Waals surface area (Å²) in [6.07, 6.45) is 5.56. The first kappa shape index (κ1) is 14.7. The molecule has 0 aliphatic heterocycles. The maximum atomic E-state index is 10.7. The zero-order valence-electron chi connectivity index (χ0n) is 12.9. The van der Waals surface area contributed by atoms with Crippen molar-refractivity contribution in [3.63, 3.8) is 0 Å². The largest absolute Gasteiger partial charge is 0.388 e. The summed E-state index contributed by atoms with van der Waals surface area (Å²) >= 11 is 1.70. The molecule has 1 aliphatic rings. The molecular weight excluding hydrogens is 282 g/mol. The molecule has 1 fully saturated rings. The second kappa shape index (κ2) is 5.54. The molecule has 0 bridgehead atoms. The lowest BCUT2D eigenvalue weighted by atomic mass is 9.79. The molecule has 4 nitrogen and oxygen atoms in total. The number of hydrogen-bond donors (Lipinski definition) is 2. The van der Waals surface area contributed by atoms with E-state index in [0.29, 0.717) is 6.54 Å². The fourth-order valence-corrected chi connectivity index (χ4v) is 4.04. The van der Waals surface area contributed by atoms with Gasteiger partial charge >= 0.3 is 0 Å². The third kappa shape index (κ3) is 2.90. The number of aromatic nitrogens is 2. The molecule has 3 rings (SSSR count). The fourth-order valence-electron chi connectivity index (χ4n) is 3.04. The van der Waals surface area contributed by atoms with E-state index >= 15 is 0 Å². The second-order valence-electron chi connectivity index (χ2n) is 6.45. The predicted molar refractivity (Wildman–Crippen MR) is 88.0 cm³/mol. The first-order valence-electron chi connectivity index (χ1n) is 7.65. The predicted octanol–water partition coefficient (Wildman–Crippen LogP) is 3.66. The maximum Gasteiger partial charge on any atom is 0.138 e. The Labute approximate surface area is 129 Å². The van der Waals surface area contributed by atoms with E-state index in [9.17, 15) is 5.11 Å². The highest BCUT2D eigenvalue weighted by Gasteiger charge is 2.31. The van der Waals surface area contributed by atoms with Crippen molar-refractivity contribution in [1.82, 2.24) is 9.97 Å². The van der Waals surface area contributed by atoms with Gasteiger partial charge in [-0.3, -0.25) is 0 Å². The van der Waals surface area contributed by atoms with Crippen LogP contribution in [-0.4, -0.2) is 27.2 Å². The Morgan fingerprint density at radius 2 is 2.05 bits per heavy atom. The van der Waals surface area contributed by atoms with Crippen LogP contribution in [0.3, 0.4) is 0 Å². The van der Waals surface area contributed by atoms with Gasteiger partial charge in [-0.1, -0.05) is 6.92 Å². The summed E-state index contributed by atoms with van der Waals surface area (Å²) in [5, 5.41) is 15.2. The molecule has 0 amide bonds. The third-order valence-corrected chi connectivity index (χ3v) is 5.87. The standard InChI is InChI=1S/C16H23N3OS/c1-10-4-6-16(20,7-5-10)8-17-14-13-11(2)12(3)21-15(13)19-9-18-14/h9-10,20H,4-8H2,1-3H3,(H,17,18,19). The SMILES string of the molecule is Cc1sc2ncnc(NCC3(O)CCC(C)CC3)c2c1C. The van der Waals surface area contributed by atoms with E-state index in [0.717, 1.165) is 47.6 Å². The van der Waals surface area contributed by atoms with Gasteiger partial charge in [0.15, 0.2) is 0 Å². The Balaban J connectivity index is 1.79. The zero-order chi connectivity index (χ0) is 15.0. The van der Waals surface area contributed by atoms with Crippen molar-refractivity contribution in [3.8, 4) is 0 Å². The van der Waals surface area contributed by atoms with Crippen molar-refractivity contribution in [1.29, 1.82) is 0 Å². The van der Waals surface area contributed by atoms with Gasteiger partial charge in [0.2, 0.25) is 0 Å². The molecule has 1 aliphatic carbocycles. The molecule has 0 spiro atoms. The normalized spacial score (nSPS) is 26.2. The minimum atomic E-state index is -0.594. The van der Waals surface area contributed by atoms with Crippen LogP contribution in [0.2, 0.25) is 0 Å². The highest BCUT2D eigenvalue weighted by molar-refractivity contribution is 7.18. The number of aliphatic hydroxyl groups is 1. The van der Waals surface area contributed by atoms with Gasteiger partial charge in [0, 0.05) is 11.4 Å². The lowest BCUT2D eigenvalue weighted by Gasteiger charge is -2.35. The summed E-state index contributed by atoms with van der Waals surface area (Å²) in [5.41, 5.74) is 0.644. The van der Waals surface area contributed by atoms with E-state index in [1.54, 1.807) is 17.7 Å². The molecular formula is C16H23N3OS. The van der Waals surface area contributed by atoms with Gasteiger partial charge in [0.05, 0.1) is 11.0 Å². The Hall–Kier alpha value is -1.20. The Bertz CT molecular complexity index is 644. The van der Waals surface area contributed by atoms with E-state index in [-0.39, 0.29) is 0 Å². The minimum absolute atomic E-state index is 0.570. The minimum Gasteiger partial charge on any atom is -0.388 e. The molecule has 0 aromatic carbocycles. The average molecular weight is 305 g/mol. The summed E-state index contributed by atoms with van der Waals surface area (Å²) in [4.78, 5) is 11.0. The maximum absolute atomic E-state index is 10.7. The fraction of sp³-hybridized carbons (Fsp3) is 0.625. The number of rotatable bonds is 3. The van der Waals surface area contributed by atoms with Crippen molar-refractivity contribution in [2.45, 2.75) is 52.1 Å². The van der Waals surface area contributed by atoms with E-state index in [1.165, 1.54) is 10.4 Å². The lowest BCUT2D eigenvalue weighted by Crippen LogP contribution is -2.40. The highest BCUT2D eigenvalue weighted by Crippen LogP contribution is 2.35. The molecule has 0 radical (unpaired) electrons. The Morgan fingerprint density at radius 3 is 2.76 bits per heavy atom. The first-order valence-corrected chi connectivity index (χ1v) is 8.47. The summed E-state index contributed by atoms with van der Waals surface area (Å²) in [7, 11) is 0. The number of aryl methyl sites for hydroxylation is 2. The molecule has 2 N–H and O–H groups in total. The molecule has 21 heavy (non-hydrogen) atoms. The van der Waals surface area contributed by atoms with E-state index < -0.39 is 5.60 Å². The van der Waals surface area contributed by atoms with Crippen molar-refractivity contribution in [2.75, 3.05) is 11.9 Å². The van der Waals surface area contributed by atoms with E-state index in [2.05, 4.69) is 36.1 Å². The van der Waals surface area contributed by atoms with Crippen LogP contribution in [0, 0.1) is 19.8 Å². The second-order valence-corrected chi connectivity index (χ2v) is 7.65. The van der Waals surface area contributed by atoms with Gasteiger partial charge in [0.1, 0.15) is 17.0 Å². The Morgan fingerprint density at radius 1 is 1.33 bits per heavy atom. The zero-order valence-corrected chi connectivity index (χ0v) is 13.8. The molecule has 5 heteroatoms. The monoisotopic (exact) mass is 305 g/mol. The van der Waals surface area contributed by atoms with Crippen molar-refractivity contribution in [2.24, 2.45) is 5.92 Å². The number of fused-ring (bicyclic) bond motifs is 1. The highest BCUT2D eigenvalue weighted by atomic mass is 32.1. The van der Waals surface area contributed by atoms with Gasteiger partial charge in [-0.05, 0) is 51.0 Å². The van der Waals surface area contributed by atoms with E-state index in [1.807, 2.05) is 0 Å². The smallest absolute Gasteiger partial charge is 0.138 e. The number of thiophene rings is 1. The van der Waals surface area contributed by atoms with Crippen LogP contribution in [0.5, 0.6) is 0 Å². The number of anilines is 1. The van der Waals surface area contributed by atoms with Gasteiger partial charge in [-0.2, -0.15) is 0 Å². The van der Waals surface area contributed by atoms with Crippen LogP contribution < -0.4 is 5.32 Å². The van der Waals surface area contributed by atoms with E-state index in [4.69, 9.17) is 0 Å². The van der Waals surface area contributed by atoms with Crippen molar-refractivity contribution >= 4 is 27.4 Å². The molecule has 114 valence electrons. The number of nitrogens with one attached hydrogen (secondary N) is 1. The molecule has 0 saturated heterocycles. The summed E-state index contributed by atoms with van der Waals surface area (Å²) in [6, 6.07) is 0. The van der Waals surface area contributed by atoms with Gasteiger partial charge in [-0.15, -0.1) is 11.3 Å². The number of hydrogen-bond acceptors (Lipinski definition) is 5. The summed E-state index contributed by atoms with van der Waals surface area (Å²) in [6.45, 7) is 7.06. The summed E-state index contributed by atoms with van der Waals surface area (Å²) in [5.74, 6) is 1.59. The topological polar surface area (TPSA) is 58.0 Å². The van der Waals surface area contributed by atoms with Crippen LogP contribution in [0.1, 0.15) is 43.0 Å². The van der Waals surface area contributed by atoms with Crippen molar-refractivity contribution in [3.05, 3.63) is 16.8 Å². The molecule has 2 heterocycles. The van der Waals surface area contributed by atoms with Crippen LogP contribution in [0.4, 0.5) is 5.82 Å². The van der Waals surface area contributed by atoms with Crippen LogP contribution >= 0.6 is 11.3 Å². The first-order chi connectivity index (χ1) is 9.98. The third-order valence-electron chi connectivity index (χ3n) is 4.76. The van der Waals surface area contributed by atoms with Gasteiger partial charge < -0.3 is 10.4 Å². The van der Waals surface area contributed by atoms with Crippen LogP contribution in [0.25, 0.3) is 10.2 Å². The number of nitrogens with zero attached hydrogens (tertiary/aromatic N) is 2. The molecule has 2 aromatic rings. The quantitative estimate of drug-likeness (QED) is 0.908. The summed E-state index contributed by atoms with van der Waals surface area (Å²) < 4.78 is 0. The van der Waals surface area contributed by atoms with Crippen LogP contribution in [0.15, 0.2) is 6.33 Å². The molecule has 0 atom stereocenters. The lowest BCUT2D eigenvalue weighted by molar-refractivity contribution is 0.00497. The van der Waals surface area contributed by atoms with Gasteiger partial charge in [0.25, 0.3) is 0 Å². The molecule has 1 saturated carbocycles. The van der Waals surface area contributed by atoms with Gasteiger partial charge in [-0.25, -0.2) is 9.97 Å². The Kier molecular flexibility index (Phi) is 3.88. The molecule has 2 aromatic heterocycles. The average Bonchev–Trinajstić information content (AvgIpc) is 2.76. The van der Waals surface area contributed by atoms with Crippen molar-refractivity contribution < 1.29 is 5.11 Å². The van der Waals surface area contributed by atoms with Crippen LogP contribution in [-0.2, 0) is 0 Å².